The van der Waals surface area contributed by atoms with Crippen LogP contribution in [0, 0.1) is 5.92 Å². The molecule has 3 N–H and O–H groups in total. The summed E-state index contributed by atoms with van der Waals surface area (Å²) in [5.41, 5.74) is 2.57. The molecule has 1 heterocycles. The first kappa shape index (κ1) is 22.6. The summed E-state index contributed by atoms with van der Waals surface area (Å²) >= 11 is 0. The van der Waals surface area contributed by atoms with Gasteiger partial charge in [-0.3, -0.25) is 9.69 Å². The van der Waals surface area contributed by atoms with Gasteiger partial charge in [-0.1, -0.05) is 24.3 Å². The molecule has 1 aliphatic heterocycles. The van der Waals surface area contributed by atoms with E-state index in [0.29, 0.717) is 19.6 Å². The fourth-order valence-corrected chi connectivity index (χ4v) is 3.63. The molecule has 1 aromatic rings. The highest BCUT2D eigenvalue weighted by atomic mass is 16.2. The lowest BCUT2D eigenvalue weighted by Gasteiger charge is -2.20. The Morgan fingerprint density at radius 3 is 2.47 bits per heavy atom. The third-order valence-corrected chi connectivity index (χ3v) is 5.67. The normalized spacial score (nSPS) is 18.7. The van der Waals surface area contributed by atoms with Crippen molar-refractivity contribution in [2.24, 2.45) is 10.9 Å². The Morgan fingerprint density at radius 2 is 1.73 bits per heavy atom. The third-order valence-electron chi connectivity index (χ3n) is 5.67. The first-order valence-corrected chi connectivity index (χ1v) is 11.4. The lowest BCUT2D eigenvalue weighted by molar-refractivity contribution is -0.122. The van der Waals surface area contributed by atoms with Gasteiger partial charge in [-0.05, 0) is 57.5 Å². The number of carbonyl (C=O) groups excluding carboxylic acids is 1. The van der Waals surface area contributed by atoms with E-state index in [1.54, 1.807) is 0 Å². The lowest BCUT2D eigenvalue weighted by Crippen LogP contribution is -2.41. The molecule has 0 unspecified atom stereocenters. The molecule has 0 radical (unpaired) electrons. The van der Waals surface area contributed by atoms with E-state index in [4.69, 9.17) is 0 Å². The van der Waals surface area contributed by atoms with Gasteiger partial charge in [0.1, 0.15) is 0 Å². The number of nitrogens with one attached hydrogen (secondary N) is 3. The summed E-state index contributed by atoms with van der Waals surface area (Å²) in [4.78, 5) is 21.3. The molecule has 7 nitrogen and oxygen atoms in total. The van der Waals surface area contributed by atoms with E-state index >= 15 is 0 Å². The quantitative estimate of drug-likeness (QED) is 0.324. The van der Waals surface area contributed by atoms with Crippen LogP contribution in [-0.2, 0) is 17.9 Å². The first-order valence-electron chi connectivity index (χ1n) is 11.4. The van der Waals surface area contributed by atoms with Crippen molar-refractivity contribution in [2.45, 2.75) is 39.3 Å². The van der Waals surface area contributed by atoms with Gasteiger partial charge < -0.3 is 20.9 Å². The molecule has 166 valence electrons. The zero-order chi connectivity index (χ0) is 21.2. The number of hydrogen-bond donors (Lipinski definition) is 3. The molecule has 1 aromatic carbocycles. The van der Waals surface area contributed by atoms with Crippen molar-refractivity contribution in [2.75, 3.05) is 52.9 Å². The maximum Gasteiger partial charge on any atom is 0.223 e. The standard InChI is InChI=1S/C23H38N6O/c1-3-24-23(26-12-11-25-22(30)21-9-10-21)27-17-19-5-7-20(8-6-19)18-29-14-4-13-28(2)15-16-29/h5-8,21H,3-4,9-18H2,1-2H3,(H,25,30)(H2,24,26,27). The molecule has 2 fully saturated rings. The summed E-state index contributed by atoms with van der Waals surface area (Å²) in [6.07, 6.45) is 3.32. The van der Waals surface area contributed by atoms with Crippen molar-refractivity contribution in [3.8, 4) is 0 Å². The van der Waals surface area contributed by atoms with Gasteiger partial charge in [-0.25, -0.2) is 4.99 Å². The molecule has 3 rings (SSSR count). The van der Waals surface area contributed by atoms with Crippen molar-refractivity contribution in [1.82, 2.24) is 25.8 Å². The highest BCUT2D eigenvalue weighted by molar-refractivity contribution is 5.81. The van der Waals surface area contributed by atoms with Crippen LogP contribution in [0.1, 0.15) is 37.3 Å². The van der Waals surface area contributed by atoms with Crippen LogP contribution < -0.4 is 16.0 Å². The van der Waals surface area contributed by atoms with Crippen molar-refractivity contribution in [3.63, 3.8) is 0 Å². The van der Waals surface area contributed by atoms with E-state index in [0.717, 1.165) is 45.0 Å². The predicted molar refractivity (Wildman–Crippen MR) is 122 cm³/mol. The van der Waals surface area contributed by atoms with Crippen molar-refractivity contribution < 1.29 is 4.79 Å². The third kappa shape index (κ3) is 7.95. The zero-order valence-electron chi connectivity index (χ0n) is 18.6. The van der Waals surface area contributed by atoms with E-state index in [1.807, 2.05) is 0 Å². The number of rotatable bonds is 9. The van der Waals surface area contributed by atoms with Crippen LogP contribution in [0.15, 0.2) is 29.3 Å². The van der Waals surface area contributed by atoms with Crippen molar-refractivity contribution in [3.05, 3.63) is 35.4 Å². The van der Waals surface area contributed by atoms with Crippen LogP contribution in [0.25, 0.3) is 0 Å². The Labute approximate surface area is 181 Å². The van der Waals surface area contributed by atoms with Crippen LogP contribution in [0.2, 0.25) is 0 Å². The number of aliphatic imine (C=N–C) groups is 1. The number of amides is 1. The minimum Gasteiger partial charge on any atom is -0.357 e. The van der Waals surface area contributed by atoms with Crippen molar-refractivity contribution >= 4 is 11.9 Å². The van der Waals surface area contributed by atoms with Crippen LogP contribution in [0.3, 0.4) is 0 Å². The molecule has 1 amide bonds. The second kappa shape index (κ2) is 11.9. The maximum absolute atomic E-state index is 11.7. The molecule has 0 spiro atoms. The Morgan fingerprint density at radius 1 is 1.00 bits per heavy atom. The molecular formula is C23H38N6O. The SMILES string of the molecule is CCNC(=NCc1ccc(CN2CCCN(C)CC2)cc1)NCCNC(=O)C1CC1. The van der Waals surface area contributed by atoms with E-state index in [-0.39, 0.29) is 11.8 Å². The molecule has 1 saturated heterocycles. The van der Waals surface area contributed by atoms with Gasteiger partial charge in [-0.2, -0.15) is 0 Å². The average molecular weight is 415 g/mol. The number of likely N-dealkylation sites (N-methyl/N-ethyl adjacent to an activating group) is 1. The monoisotopic (exact) mass is 414 g/mol. The van der Waals surface area contributed by atoms with Crippen molar-refractivity contribution in [1.29, 1.82) is 0 Å². The molecule has 30 heavy (non-hydrogen) atoms. The number of nitrogens with zero attached hydrogens (tertiary/aromatic N) is 3. The average Bonchev–Trinajstić information content (AvgIpc) is 3.60. The molecule has 1 aliphatic carbocycles. The second-order valence-electron chi connectivity index (χ2n) is 8.44. The van der Waals surface area contributed by atoms with Crippen LogP contribution >= 0.6 is 0 Å². The van der Waals surface area contributed by atoms with Gasteiger partial charge in [0, 0.05) is 45.2 Å². The number of carbonyl (C=O) groups is 1. The summed E-state index contributed by atoms with van der Waals surface area (Å²) in [6.45, 7) is 10.5. The fourth-order valence-electron chi connectivity index (χ4n) is 3.63. The Kier molecular flexibility index (Phi) is 8.96. The molecule has 2 aliphatic rings. The van der Waals surface area contributed by atoms with Gasteiger partial charge >= 0.3 is 0 Å². The van der Waals surface area contributed by atoms with Gasteiger partial charge in [-0.15, -0.1) is 0 Å². The zero-order valence-corrected chi connectivity index (χ0v) is 18.6. The topological polar surface area (TPSA) is 72.0 Å². The largest absolute Gasteiger partial charge is 0.357 e. The van der Waals surface area contributed by atoms with E-state index in [9.17, 15) is 4.79 Å². The van der Waals surface area contributed by atoms with Gasteiger partial charge in [0.2, 0.25) is 5.91 Å². The molecule has 7 heteroatoms. The Bertz CT molecular complexity index is 685. The molecular weight excluding hydrogens is 376 g/mol. The minimum absolute atomic E-state index is 0.186. The summed E-state index contributed by atoms with van der Waals surface area (Å²) < 4.78 is 0. The molecule has 0 aromatic heterocycles. The van der Waals surface area contributed by atoms with E-state index in [1.165, 1.54) is 30.6 Å². The van der Waals surface area contributed by atoms with Gasteiger partial charge in [0.15, 0.2) is 5.96 Å². The predicted octanol–water partition coefficient (Wildman–Crippen LogP) is 1.41. The smallest absolute Gasteiger partial charge is 0.223 e. The number of hydrogen-bond acceptors (Lipinski definition) is 4. The highest BCUT2D eigenvalue weighted by Gasteiger charge is 2.28. The summed E-state index contributed by atoms with van der Waals surface area (Å²) in [6, 6.07) is 8.82. The highest BCUT2D eigenvalue weighted by Crippen LogP contribution is 2.28. The fraction of sp³-hybridized carbons (Fsp3) is 0.652. The maximum atomic E-state index is 11.7. The van der Waals surface area contributed by atoms with Crippen LogP contribution in [0.5, 0.6) is 0 Å². The van der Waals surface area contributed by atoms with E-state index < -0.39 is 0 Å². The second-order valence-corrected chi connectivity index (χ2v) is 8.44. The van der Waals surface area contributed by atoms with Gasteiger partial charge in [0.05, 0.1) is 6.54 Å². The summed E-state index contributed by atoms with van der Waals surface area (Å²) in [7, 11) is 2.21. The molecule has 1 saturated carbocycles. The van der Waals surface area contributed by atoms with Crippen LogP contribution in [-0.4, -0.2) is 74.5 Å². The first-order chi connectivity index (χ1) is 14.6. The van der Waals surface area contributed by atoms with E-state index in [2.05, 4.69) is 69.0 Å². The summed E-state index contributed by atoms with van der Waals surface area (Å²) in [5.74, 6) is 1.23. The Hall–Kier alpha value is -2.12. The number of guanidine groups is 1. The van der Waals surface area contributed by atoms with Gasteiger partial charge in [0.25, 0.3) is 0 Å². The number of benzene rings is 1. The van der Waals surface area contributed by atoms with Crippen LogP contribution in [0.4, 0.5) is 0 Å². The minimum atomic E-state index is 0.186. The lowest BCUT2D eigenvalue weighted by atomic mass is 10.1. The Balaban J connectivity index is 1.42. The molecule has 0 bridgehead atoms. The summed E-state index contributed by atoms with van der Waals surface area (Å²) in [5, 5.41) is 9.53. The molecule has 0 atom stereocenters.